The molecule has 6 nitrogen and oxygen atoms in total. The van der Waals surface area contributed by atoms with Gasteiger partial charge in [-0.2, -0.15) is 0 Å². The third-order valence-corrected chi connectivity index (χ3v) is 5.03. The molecule has 2 heterocycles. The number of ether oxygens (including phenoxy) is 2. The summed E-state index contributed by atoms with van der Waals surface area (Å²) < 4.78 is 10.7. The molecule has 2 fully saturated rings. The summed E-state index contributed by atoms with van der Waals surface area (Å²) in [5.41, 5.74) is 0. The Balaban J connectivity index is 1.63. The predicted molar refractivity (Wildman–Crippen MR) is 98.6 cm³/mol. The molecule has 0 aliphatic carbocycles. The van der Waals surface area contributed by atoms with Crippen molar-refractivity contribution in [1.29, 1.82) is 0 Å². The number of piperidine rings is 1. The summed E-state index contributed by atoms with van der Waals surface area (Å²) in [5, 5.41) is 3.54. The molecule has 2 saturated heterocycles. The molecule has 0 saturated carbocycles. The summed E-state index contributed by atoms with van der Waals surface area (Å²) in [7, 11) is 3.59. The van der Waals surface area contributed by atoms with Gasteiger partial charge < -0.3 is 24.6 Å². The van der Waals surface area contributed by atoms with Crippen molar-refractivity contribution in [3.8, 4) is 0 Å². The molecule has 24 heavy (non-hydrogen) atoms. The number of likely N-dealkylation sites (tertiary alicyclic amines) is 2. The van der Waals surface area contributed by atoms with E-state index in [9.17, 15) is 0 Å². The van der Waals surface area contributed by atoms with E-state index in [0.29, 0.717) is 19.1 Å². The molecule has 140 valence electrons. The maximum atomic E-state index is 5.67. The van der Waals surface area contributed by atoms with Crippen LogP contribution >= 0.6 is 0 Å². The first kappa shape index (κ1) is 19.5. The van der Waals surface area contributed by atoms with Crippen LogP contribution in [0.1, 0.15) is 26.2 Å². The van der Waals surface area contributed by atoms with Crippen molar-refractivity contribution < 1.29 is 9.47 Å². The largest absolute Gasteiger partial charge is 0.382 e. The van der Waals surface area contributed by atoms with Gasteiger partial charge in [-0.15, -0.1) is 0 Å². The van der Waals surface area contributed by atoms with Gasteiger partial charge in [-0.25, -0.2) is 0 Å². The Morgan fingerprint density at radius 3 is 2.83 bits per heavy atom. The van der Waals surface area contributed by atoms with Crippen LogP contribution in [0.2, 0.25) is 0 Å². The Labute approximate surface area is 147 Å². The number of methoxy groups -OCH3 is 1. The number of guanidine groups is 1. The second-order valence-corrected chi connectivity index (χ2v) is 7.19. The molecular weight excluding hydrogens is 304 g/mol. The topological polar surface area (TPSA) is 49.3 Å². The van der Waals surface area contributed by atoms with E-state index in [1.165, 1.54) is 32.4 Å². The van der Waals surface area contributed by atoms with Crippen molar-refractivity contribution in [2.75, 3.05) is 73.2 Å². The number of aliphatic imine (C=N–C) groups is 1. The summed E-state index contributed by atoms with van der Waals surface area (Å²) in [5.74, 6) is 2.48. The first-order chi connectivity index (χ1) is 11.7. The lowest BCUT2D eigenvalue weighted by atomic mass is 10.0. The van der Waals surface area contributed by atoms with Crippen molar-refractivity contribution >= 4 is 5.96 Å². The van der Waals surface area contributed by atoms with Crippen LogP contribution < -0.4 is 5.32 Å². The van der Waals surface area contributed by atoms with Crippen molar-refractivity contribution in [3.05, 3.63) is 0 Å². The highest BCUT2D eigenvalue weighted by Gasteiger charge is 2.25. The van der Waals surface area contributed by atoms with E-state index in [0.717, 1.165) is 44.7 Å². The Morgan fingerprint density at radius 2 is 2.08 bits per heavy atom. The Bertz CT molecular complexity index is 378. The number of hydrogen-bond acceptors (Lipinski definition) is 4. The van der Waals surface area contributed by atoms with Crippen molar-refractivity contribution in [2.45, 2.75) is 26.2 Å². The van der Waals surface area contributed by atoms with Crippen LogP contribution in [-0.4, -0.2) is 89.0 Å². The SMILES string of the molecule is CN=C(NCCN1CCCC(C)C1)N1CCC(COCCOC)C1. The summed E-state index contributed by atoms with van der Waals surface area (Å²) in [6, 6.07) is 0. The normalized spacial score (nSPS) is 26.1. The lowest BCUT2D eigenvalue weighted by Gasteiger charge is -2.31. The fourth-order valence-electron chi connectivity index (χ4n) is 3.70. The second kappa shape index (κ2) is 10.9. The lowest BCUT2D eigenvalue weighted by Crippen LogP contribution is -2.45. The fourth-order valence-corrected chi connectivity index (χ4v) is 3.70. The van der Waals surface area contributed by atoms with Gasteiger partial charge in [0.15, 0.2) is 5.96 Å². The molecule has 6 heteroatoms. The summed E-state index contributed by atoms with van der Waals surface area (Å²) in [4.78, 5) is 9.40. The molecule has 0 amide bonds. The minimum Gasteiger partial charge on any atom is -0.382 e. The molecule has 2 aliphatic heterocycles. The van der Waals surface area contributed by atoms with Crippen LogP contribution in [0.15, 0.2) is 4.99 Å². The zero-order chi connectivity index (χ0) is 17.2. The molecule has 0 bridgehead atoms. The van der Waals surface area contributed by atoms with E-state index in [2.05, 4.69) is 27.0 Å². The molecule has 0 aromatic rings. The van der Waals surface area contributed by atoms with E-state index in [1.807, 2.05) is 7.05 Å². The van der Waals surface area contributed by atoms with Gasteiger partial charge in [0, 0.05) is 52.8 Å². The summed E-state index contributed by atoms with van der Waals surface area (Å²) in [6.07, 6.45) is 3.90. The zero-order valence-corrected chi connectivity index (χ0v) is 15.8. The minimum absolute atomic E-state index is 0.600. The Morgan fingerprint density at radius 1 is 1.21 bits per heavy atom. The predicted octanol–water partition coefficient (Wildman–Crippen LogP) is 1.28. The first-order valence-corrected chi connectivity index (χ1v) is 9.47. The van der Waals surface area contributed by atoms with E-state index in [-0.39, 0.29) is 0 Å². The summed E-state index contributed by atoms with van der Waals surface area (Å²) >= 11 is 0. The van der Waals surface area contributed by atoms with Crippen molar-refractivity contribution in [3.63, 3.8) is 0 Å². The molecule has 0 aromatic heterocycles. The van der Waals surface area contributed by atoms with Crippen molar-refractivity contribution in [2.24, 2.45) is 16.8 Å². The van der Waals surface area contributed by atoms with Gasteiger partial charge >= 0.3 is 0 Å². The van der Waals surface area contributed by atoms with Gasteiger partial charge in [0.1, 0.15) is 0 Å². The monoisotopic (exact) mass is 340 g/mol. The smallest absolute Gasteiger partial charge is 0.193 e. The highest BCUT2D eigenvalue weighted by molar-refractivity contribution is 5.80. The lowest BCUT2D eigenvalue weighted by molar-refractivity contribution is 0.0536. The van der Waals surface area contributed by atoms with Crippen LogP contribution in [0.5, 0.6) is 0 Å². The molecule has 0 spiro atoms. The van der Waals surface area contributed by atoms with Gasteiger partial charge in [0.2, 0.25) is 0 Å². The van der Waals surface area contributed by atoms with Gasteiger partial charge in [-0.05, 0) is 31.7 Å². The maximum Gasteiger partial charge on any atom is 0.193 e. The number of nitrogens with one attached hydrogen (secondary N) is 1. The molecular formula is C18H36N4O2. The third-order valence-electron chi connectivity index (χ3n) is 5.03. The molecule has 2 atom stereocenters. The fraction of sp³-hybridized carbons (Fsp3) is 0.944. The van der Waals surface area contributed by atoms with E-state index >= 15 is 0 Å². The Kier molecular flexibility index (Phi) is 8.84. The number of hydrogen-bond donors (Lipinski definition) is 1. The summed E-state index contributed by atoms with van der Waals surface area (Å²) in [6.45, 7) is 11.2. The van der Waals surface area contributed by atoms with Crippen molar-refractivity contribution in [1.82, 2.24) is 15.1 Å². The van der Waals surface area contributed by atoms with Crippen LogP contribution in [-0.2, 0) is 9.47 Å². The average Bonchev–Trinajstić information content (AvgIpc) is 3.04. The first-order valence-electron chi connectivity index (χ1n) is 9.47. The van der Waals surface area contributed by atoms with Gasteiger partial charge in [-0.1, -0.05) is 6.92 Å². The highest BCUT2D eigenvalue weighted by atomic mass is 16.5. The molecule has 2 rings (SSSR count). The Hall–Kier alpha value is -0.850. The minimum atomic E-state index is 0.600. The molecule has 2 aliphatic rings. The van der Waals surface area contributed by atoms with E-state index in [4.69, 9.17) is 9.47 Å². The van der Waals surface area contributed by atoms with Crippen LogP contribution in [0.4, 0.5) is 0 Å². The van der Waals surface area contributed by atoms with E-state index in [1.54, 1.807) is 7.11 Å². The van der Waals surface area contributed by atoms with Gasteiger partial charge in [-0.3, -0.25) is 4.99 Å². The molecule has 0 aromatic carbocycles. The highest BCUT2D eigenvalue weighted by Crippen LogP contribution is 2.17. The van der Waals surface area contributed by atoms with Gasteiger partial charge in [0.25, 0.3) is 0 Å². The molecule has 2 unspecified atom stereocenters. The van der Waals surface area contributed by atoms with Crippen LogP contribution in [0, 0.1) is 11.8 Å². The zero-order valence-electron chi connectivity index (χ0n) is 15.8. The third kappa shape index (κ3) is 6.57. The number of nitrogens with zero attached hydrogens (tertiary/aromatic N) is 3. The van der Waals surface area contributed by atoms with Gasteiger partial charge in [0.05, 0.1) is 19.8 Å². The second-order valence-electron chi connectivity index (χ2n) is 7.19. The maximum absolute atomic E-state index is 5.67. The average molecular weight is 341 g/mol. The molecule has 1 N–H and O–H groups in total. The van der Waals surface area contributed by atoms with Crippen LogP contribution in [0.25, 0.3) is 0 Å². The van der Waals surface area contributed by atoms with E-state index < -0.39 is 0 Å². The standard InChI is InChI=1S/C18H36N4O2/c1-16-5-4-8-21(13-16)10-7-20-18(19-2)22-9-6-17(14-22)15-24-12-11-23-3/h16-17H,4-15H2,1-3H3,(H,19,20). The van der Waals surface area contributed by atoms with Crippen LogP contribution in [0.3, 0.4) is 0 Å². The number of rotatable bonds is 8. The molecule has 0 radical (unpaired) electrons. The quantitative estimate of drug-likeness (QED) is 0.410.